The smallest absolute Gasteiger partial charge is 0.246 e. The number of hydrogen-bond donors (Lipinski definition) is 2. The fourth-order valence-corrected chi connectivity index (χ4v) is 3.97. The molecule has 2 fully saturated rings. The van der Waals surface area contributed by atoms with Crippen LogP contribution in [0.1, 0.15) is 58.6 Å². The monoisotopic (exact) mass is 371 g/mol. The molecule has 0 aromatic heterocycles. The van der Waals surface area contributed by atoms with Crippen LogP contribution >= 0.6 is 0 Å². The lowest BCUT2D eigenvalue weighted by Crippen LogP contribution is -2.62. The minimum absolute atomic E-state index is 0.00118. The Balaban J connectivity index is 1.59. The van der Waals surface area contributed by atoms with Crippen LogP contribution in [-0.2, 0) is 21.5 Å². The van der Waals surface area contributed by atoms with E-state index in [2.05, 4.69) is 62.6 Å². The number of fused-ring (bicyclic) bond motifs is 1. The Hall–Kier alpha value is -1.88. The van der Waals surface area contributed by atoms with Gasteiger partial charge in [0, 0.05) is 19.1 Å². The maximum atomic E-state index is 12.8. The first kappa shape index (κ1) is 19.9. The van der Waals surface area contributed by atoms with Gasteiger partial charge in [-0.15, -0.1) is 0 Å². The van der Waals surface area contributed by atoms with Crippen LogP contribution in [0.5, 0.6) is 0 Å². The number of hydrogen-bond acceptors (Lipinski definition) is 3. The molecule has 0 bridgehead atoms. The standard InChI is InChI=1S/C22H33N3O2/c1-6-14(2)19-21(27)25-13-17(11-18(25)20(26)24-19)23-12-15-7-9-16(10-8-15)22(3,4)5/h7-10,14,17-19,23H,6,11-13H2,1-5H3,(H,24,26)/t14-,17-,18-,19-/m0/s1. The third-order valence-electron chi connectivity index (χ3n) is 6.08. The molecule has 2 heterocycles. The van der Waals surface area contributed by atoms with Gasteiger partial charge in [0.05, 0.1) is 0 Å². The van der Waals surface area contributed by atoms with Crippen LogP contribution in [0.2, 0.25) is 0 Å². The van der Waals surface area contributed by atoms with Crippen LogP contribution in [0.15, 0.2) is 24.3 Å². The number of rotatable bonds is 5. The van der Waals surface area contributed by atoms with Crippen molar-refractivity contribution in [2.45, 2.75) is 77.5 Å². The Bertz CT molecular complexity index is 693. The molecule has 2 aliphatic rings. The van der Waals surface area contributed by atoms with E-state index in [4.69, 9.17) is 0 Å². The summed E-state index contributed by atoms with van der Waals surface area (Å²) >= 11 is 0. The van der Waals surface area contributed by atoms with Crippen LogP contribution < -0.4 is 10.6 Å². The number of carbonyl (C=O) groups is 2. The summed E-state index contributed by atoms with van der Waals surface area (Å²) in [6.07, 6.45) is 1.56. The Morgan fingerprint density at radius 1 is 1.22 bits per heavy atom. The molecule has 5 heteroatoms. The van der Waals surface area contributed by atoms with Gasteiger partial charge in [0.2, 0.25) is 11.8 Å². The van der Waals surface area contributed by atoms with E-state index >= 15 is 0 Å². The molecule has 27 heavy (non-hydrogen) atoms. The Kier molecular flexibility index (Phi) is 5.61. The molecule has 148 valence electrons. The summed E-state index contributed by atoms with van der Waals surface area (Å²) in [5.74, 6) is 0.238. The minimum Gasteiger partial charge on any atom is -0.342 e. The third-order valence-corrected chi connectivity index (χ3v) is 6.08. The van der Waals surface area contributed by atoms with Gasteiger partial charge in [-0.3, -0.25) is 9.59 Å². The second kappa shape index (κ2) is 7.63. The number of amides is 2. The van der Waals surface area contributed by atoms with Crippen molar-refractivity contribution in [1.82, 2.24) is 15.5 Å². The van der Waals surface area contributed by atoms with Crippen molar-refractivity contribution in [2.24, 2.45) is 5.92 Å². The van der Waals surface area contributed by atoms with Gasteiger partial charge in [0.25, 0.3) is 0 Å². The maximum Gasteiger partial charge on any atom is 0.246 e. The second-order valence-corrected chi connectivity index (χ2v) is 9.14. The van der Waals surface area contributed by atoms with Crippen molar-refractivity contribution < 1.29 is 9.59 Å². The van der Waals surface area contributed by atoms with Crippen LogP contribution in [0.4, 0.5) is 0 Å². The Morgan fingerprint density at radius 3 is 2.48 bits per heavy atom. The number of piperazine rings is 1. The normalized spacial score (nSPS) is 26.7. The number of nitrogens with one attached hydrogen (secondary N) is 2. The molecular weight excluding hydrogens is 338 g/mol. The van der Waals surface area contributed by atoms with E-state index in [9.17, 15) is 9.59 Å². The highest BCUT2D eigenvalue weighted by molar-refractivity contribution is 5.97. The van der Waals surface area contributed by atoms with E-state index in [1.807, 2.05) is 6.92 Å². The van der Waals surface area contributed by atoms with E-state index in [0.717, 1.165) is 13.0 Å². The van der Waals surface area contributed by atoms with Gasteiger partial charge in [0.15, 0.2) is 0 Å². The Labute approximate surface area is 162 Å². The molecule has 5 nitrogen and oxygen atoms in total. The van der Waals surface area contributed by atoms with Gasteiger partial charge in [0.1, 0.15) is 12.1 Å². The summed E-state index contributed by atoms with van der Waals surface area (Å²) in [4.78, 5) is 27.0. The molecule has 0 unspecified atom stereocenters. The van der Waals surface area contributed by atoms with Crippen molar-refractivity contribution in [3.8, 4) is 0 Å². The lowest BCUT2D eigenvalue weighted by molar-refractivity contribution is -0.148. The zero-order valence-electron chi connectivity index (χ0n) is 17.2. The van der Waals surface area contributed by atoms with Gasteiger partial charge in [-0.2, -0.15) is 0 Å². The van der Waals surface area contributed by atoms with E-state index in [1.165, 1.54) is 11.1 Å². The molecule has 2 N–H and O–H groups in total. The molecular formula is C22H33N3O2. The molecule has 4 atom stereocenters. The van der Waals surface area contributed by atoms with Crippen LogP contribution in [-0.4, -0.2) is 41.4 Å². The second-order valence-electron chi connectivity index (χ2n) is 9.14. The first-order valence-corrected chi connectivity index (χ1v) is 10.1. The average molecular weight is 372 g/mol. The summed E-state index contributed by atoms with van der Waals surface area (Å²) in [6, 6.07) is 8.15. The van der Waals surface area contributed by atoms with Crippen molar-refractivity contribution in [1.29, 1.82) is 0 Å². The molecule has 2 saturated heterocycles. The first-order valence-electron chi connectivity index (χ1n) is 10.1. The lowest BCUT2D eigenvalue weighted by Gasteiger charge is -2.36. The van der Waals surface area contributed by atoms with E-state index in [-0.39, 0.29) is 41.3 Å². The SMILES string of the molecule is CC[C@H](C)[C@@H]1NC(=O)[C@@H]2C[C@H](NCc3ccc(C(C)(C)C)cc3)CN2C1=O. The number of carbonyl (C=O) groups excluding carboxylic acids is 2. The predicted molar refractivity (Wildman–Crippen MR) is 107 cm³/mol. The summed E-state index contributed by atoms with van der Waals surface area (Å²) < 4.78 is 0. The van der Waals surface area contributed by atoms with Gasteiger partial charge in [-0.05, 0) is 28.9 Å². The first-order chi connectivity index (χ1) is 12.7. The predicted octanol–water partition coefficient (Wildman–Crippen LogP) is 2.59. The zero-order valence-corrected chi connectivity index (χ0v) is 17.2. The van der Waals surface area contributed by atoms with Gasteiger partial charge in [-0.25, -0.2) is 0 Å². The molecule has 0 aliphatic carbocycles. The Morgan fingerprint density at radius 2 is 1.89 bits per heavy atom. The van der Waals surface area contributed by atoms with E-state index in [0.29, 0.717) is 13.0 Å². The molecule has 0 spiro atoms. The highest BCUT2D eigenvalue weighted by Crippen LogP contribution is 2.26. The summed E-state index contributed by atoms with van der Waals surface area (Å²) in [5, 5.41) is 6.48. The molecule has 1 aromatic rings. The lowest BCUT2D eigenvalue weighted by atomic mass is 9.87. The fourth-order valence-electron chi connectivity index (χ4n) is 3.97. The number of benzene rings is 1. The van der Waals surface area contributed by atoms with Gasteiger partial charge < -0.3 is 15.5 Å². The highest BCUT2D eigenvalue weighted by Gasteiger charge is 2.47. The molecule has 1 aromatic carbocycles. The maximum absolute atomic E-state index is 12.8. The summed E-state index contributed by atoms with van der Waals surface area (Å²) in [5.41, 5.74) is 2.70. The molecule has 2 amide bonds. The molecule has 0 saturated carbocycles. The van der Waals surface area contributed by atoms with Crippen LogP contribution in [0.3, 0.4) is 0 Å². The van der Waals surface area contributed by atoms with Crippen molar-refractivity contribution in [2.75, 3.05) is 6.54 Å². The summed E-state index contributed by atoms with van der Waals surface area (Å²) in [6.45, 7) is 12.1. The molecule has 2 aliphatic heterocycles. The number of nitrogens with zero attached hydrogens (tertiary/aromatic N) is 1. The topological polar surface area (TPSA) is 61.4 Å². The van der Waals surface area contributed by atoms with Gasteiger partial charge >= 0.3 is 0 Å². The quantitative estimate of drug-likeness (QED) is 0.836. The van der Waals surface area contributed by atoms with E-state index in [1.54, 1.807) is 4.90 Å². The largest absolute Gasteiger partial charge is 0.342 e. The fraction of sp³-hybridized carbons (Fsp3) is 0.636. The summed E-state index contributed by atoms with van der Waals surface area (Å²) in [7, 11) is 0. The van der Waals surface area contributed by atoms with Gasteiger partial charge in [-0.1, -0.05) is 65.3 Å². The zero-order chi connectivity index (χ0) is 19.8. The van der Waals surface area contributed by atoms with Crippen molar-refractivity contribution in [3.05, 3.63) is 35.4 Å². The molecule has 0 radical (unpaired) electrons. The average Bonchev–Trinajstić information content (AvgIpc) is 3.07. The van der Waals surface area contributed by atoms with E-state index < -0.39 is 0 Å². The van der Waals surface area contributed by atoms with Crippen molar-refractivity contribution >= 4 is 11.8 Å². The third kappa shape index (κ3) is 4.18. The van der Waals surface area contributed by atoms with Crippen LogP contribution in [0, 0.1) is 5.92 Å². The highest BCUT2D eigenvalue weighted by atomic mass is 16.2. The van der Waals surface area contributed by atoms with Crippen LogP contribution in [0.25, 0.3) is 0 Å². The molecule has 3 rings (SSSR count). The van der Waals surface area contributed by atoms with Crippen molar-refractivity contribution in [3.63, 3.8) is 0 Å². The minimum atomic E-state index is -0.373.